The normalized spacial score (nSPS) is 13.1. The van der Waals surface area contributed by atoms with Crippen LogP contribution in [-0.2, 0) is 18.2 Å². The number of hydrogen-bond acceptors (Lipinski definition) is 3. The van der Waals surface area contributed by atoms with Gasteiger partial charge < -0.3 is 19.7 Å². The van der Waals surface area contributed by atoms with Crippen LogP contribution in [0.1, 0.15) is 26.5 Å². The van der Waals surface area contributed by atoms with Crippen molar-refractivity contribution in [1.82, 2.24) is 9.88 Å². The first kappa shape index (κ1) is 16.4. The summed E-state index contributed by atoms with van der Waals surface area (Å²) < 4.78 is 7.31. The molecule has 0 radical (unpaired) electrons. The van der Waals surface area contributed by atoms with E-state index in [2.05, 4.69) is 16.0 Å². The second-order valence-electron chi connectivity index (χ2n) is 6.48. The third-order valence-corrected chi connectivity index (χ3v) is 3.45. The van der Waals surface area contributed by atoms with Crippen molar-refractivity contribution in [3.63, 3.8) is 0 Å². The van der Waals surface area contributed by atoms with E-state index in [4.69, 9.17) is 4.74 Å². The number of aryl methyl sites for hydroxylation is 1. The number of nitrogens with zero attached hydrogens (tertiary/aromatic N) is 1. The maximum Gasteiger partial charge on any atom is 0.407 e. The molecule has 2 N–H and O–H groups in total. The molecule has 2 rings (SSSR count). The SMILES string of the molecule is Cn1c(C[C@@H](CO)NC(=O)OC(C)(C)C)cc2ccccc21. The fraction of sp³-hybridized carbons (Fsp3) is 0.471. The number of nitrogens with one attached hydrogen (secondary N) is 1. The first-order chi connectivity index (χ1) is 10.3. The summed E-state index contributed by atoms with van der Waals surface area (Å²) in [7, 11) is 1.99. The van der Waals surface area contributed by atoms with Crippen molar-refractivity contribution in [3.05, 3.63) is 36.0 Å². The van der Waals surface area contributed by atoms with Gasteiger partial charge in [-0.05, 0) is 38.3 Å². The second-order valence-corrected chi connectivity index (χ2v) is 6.48. The van der Waals surface area contributed by atoms with Crippen LogP contribution < -0.4 is 5.32 Å². The number of aliphatic hydroxyl groups is 1. The van der Waals surface area contributed by atoms with Crippen molar-refractivity contribution in [1.29, 1.82) is 0 Å². The third-order valence-electron chi connectivity index (χ3n) is 3.45. The molecule has 120 valence electrons. The van der Waals surface area contributed by atoms with Crippen LogP contribution >= 0.6 is 0 Å². The molecule has 1 heterocycles. The largest absolute Gasteiger partial charge is 0.444 e. The summed E-state index contributed by atoms with van der Waals surface area (Å²) >= 11 is 0. The standard InChI is InChI=1S/C17H24N2O3/c1-17(2,3)22-16(21)18-13(11-20)10-14-9-12-7-5-6-8-15(12)19(14)4/h5-9,13,20H,10-11H2,1-4H3,(H,18,21)/t13-/m0/s1. The Morgan fingerprint density at radius 3 is 2.64 bits per heavy atom. The van der Waals surface area contributed by atoms with E-state index in [0.717, 1.165) is 16.6 Å². The monoisotopic (exact) mass is 304 g/mol. The Bertz CT molecular complexity index is 655. The van der Waals surface area contributed by atoms with Crippen LogP contribution in [0.25, 0.3) is 10.9 Å². The highest BCUT2D eigenvalue weighted by Gasteiger charge is 2.20. The molecule has 0 unspecified atom stereocenters. The highest BCUT2D eigenvalue weighted by atomic mass is 16.6. The van der Waals surface area contributed by atoms with Gasteiger partial charge in [-0.1, -0.05) is 18.2 Å². The Hall–Kier alpha value is -2.01. The molecule has 0 saturated heterocycles. The lowest BCUT2D eigenvalue weighted by Crippen LogP contribution is -2.42. The zero-order chi connectivity index (χ0) is 16.3. The molecule has 0 aliphatic heterocycles. The van der Waals surface area contributed by atoms with Gasteiger partial charge in [0.15, 0.2) is 0 Å². The molecule has 0 fully saturated rings. The molecule has 0 spiro atoms. The lowest BCUT2D eigenvalue weighted by atomic mass is 10.1. The average molecular weight is 304 g/mol. The van der Waals surface area contributed by atoms with E-state index in [1.54, 1.807) is 0 Å². The Labute approximate surface area is 130 Å². The molecular formula is C17H24N2O3. The molecule has 0 aliphatic carbocycles. The van der Waals surface area contributed by atoms with E-state index in [9.17, 15) is 9.90 Å². The third kappa shape index (κ3) is 4.01. The van der Waals surface area contributed by atoms with Gasteiger partial charge in [-0.2, -0.15) is 0 Å². The number of benzene rings is 1. The topological polar surface area (TPSA) is 63.5 Å². The summed E-state index contributed by atoms with van der Waals surface area (Å²) in [4.78, 5) is 11.8. The van der Waals surface area contributed by atoms with E-state index >= 15 is 0 Å². The van der Waals surface area contributed by atoms with Gasteiger partial charge in [0, 0.05) is 24.7 Å². The van der Waals surface area contributed by atoms with Gasteiger partial charge in [0.1, 0.15) is 5.60 Å². The molecule has 0 saturated carbocycles. The maximum atomic E-state index is 11.8. The quantitative estimate of drug-likeness (QED) is 0.912. The summed E-state index contributed by atoms with van der Waals surface area (Å²) in [5, 5.41) is 13.4. The van der Waals surface area contributed by atoms with Crippen LogP contribution in [0.4, 0.5) is 4.79 Å². The number of carbonyl (C=O) groups is 1. The molecule has 1 atom stereocenters. The molecule has 1 aromatic heterocycles. The lowest BCUT2D eigenvalue weighted by molar-refractivity contribution is 0.0482. The zero-order valence-corrected chi connectivity index (χ0v) is 13.6. The number of aliphatic hydroxyl groups excluding tert-OH is 1. The van der Waals surface area contributed by atoms with Crippen LogP contribution in [0.2, 0.25) is 0 Å². The van der Waals surface area contributed by atoms with Gasteiger partial charge in [0.2, 0.25) is 0 Å². The van der Waals surface area contributed by atoms with Gasteiger partial charge in [-0.15, -0.1) is 0 Å². The highest BCUT2D eigenvalue weighted by molar-refractivity contribution is 5.81. The lowest BCUT2D eigenvalue weighted by Gasteiger charge is -2.23. The van der Waals surface area contributed by atoms with Gasteiger partial charge >= 0.3 is 6.09 Å². The molecule has 0 bridgehead atoms. The molecule has 1 amide bonds. The van der Waals surface area contributed by atoms with Crippen LogP contribution in [-0.4, -0.2) is 34.0 Å². The number of rotatable bonds is 4. The highest BCUT2D eigenvalue weighted by Crippen LogP contribution is 2.19. The van der Waals surface area contributed by atoms with Crippen molar-refractivity contribution in [2.24, 2.45) is 7.05 Å². The van der Waals surface area contributed by atoms with E-state index in [0.29, 0.717) is 6.42 Å². The number of carbonyl (C=O) groups excluding carboxylic acids is 1. The van der Waals surface area contributed by atoms with Gasteiger partial charge in [0.05, 0.1) is 12.6 Å². The summed E-state index contributed by atoms with van der Waals surface area (Å²) in [6.45, 7) is 5.29. The Morgan fingerprint density at radius 2 is 2.05 bits per heavy atom. The van der Waals surface area contributed by atoms with Crippen molar-refractivity contribution >= 4 is 17.0 Å². The first-order valence-electron chi connectivity index (χ1n) is 7.44. The fourth-order valence-electron chi connectivity index (χ4n) is 2.43. The van der Waals surface area contributed by atoms with E-state index in [-0.39, 0.29) is 12.6 Å². The molecule has 2 aromatic rings. The van der Waals surface area contributed by atoms with Crippen molar-refractivity contribution in [2.75, 3.05) is 6.61 Å². The summed E-state index contributed by atoms with van der Waals surface area (Å²) in [5.74, 6) is 0. The minimum atomic E-state index is -0.552. The fourth-order valence-corrected chi connectivity index (χ4v) is 2.43. The predicted octanol–water partition coefficient (Wildman–Crippen LogP) is 2.61. The van der Waals surface area contributed by atoms with Crippen LogP contribution in [0.5, 0.6) is 0 Å². The molecule has 5 nitrogen and oxygen atoms in total. The summed E-state index contributed by atoms with van der Waals surface area (Å²) in [6.07, 6.45) is 0.0336. The first-order valence-corrected chi connectivity index (χ1v) is 7.44. The number of hydrogen-bond donors (Lipinski definition) is 2. The smallest absolute Gasteiger partial charge is 0.407 e. The Balaban J connectivity index is 2.09. The zero-order valence-electron chi connectivity index (χ0n) is 13.6. The van der Waals surface area contributed by atoms with E-state index < -0.39 is 11.7 Å². The van der Waals surface area contributed by atoms with Crippen molar-refractivity contribution in [2.45, 2.75) is 38.8 Å². The predicted molar refractivity (Wildman–Crippen MR) is 86.9 cm³/mol. The molecule has 0 aliphatic rings. The van der Waals surface area contributed by atoms with Crippen molar-refractivity contribution < 1.29 is 14.6 Å². The number of aromatic nitrogens is 1. The molecule has 22 heavy (non-hydrogen) atoms. The number of para-hydroxylation sites is 1. The number of fused-ring (bicyclic) bond motifs is 1. The Morgan fingerprint density at radius 1 is 1.36 bits per heavy atom. The minimum Gasteiger partial charge on any atom is -0.444 e. The van der Waals surface area contributed by atoms with Crippen LogP contribution in [0.3, 0.4) is 0 Å². The second kappa shape index (κ2) is 6.40. The number of amides is 1. The number of ether oxygens (including phenoxy) is 1. The van der Waals surface area contributed by atoms with Crippen molar-refractivity contribution in [3.8, 4) is 0 Å². The number of alkyl carbamates (subject to hydrolysis) is 1. The minimum absolute atomic E-state index is 0.138. The molecule has 1 aromatic carbocycles. The van der Waals surface area contributed by atoms with Gasteiger partial charge in [0.25, 0.3) is 0 Å². The van der Waals surface area contributed by atoms with E-state index in [1.807, 2.05) is 52.1 Å². The Kier molecular flexibility index (Phi) is 4.76. The van der Waals surface area contributed by atoms with Crippen LogP contribution in [0, 0.1) is 0 Å². The van der Waals surface area contributed by atoms with Gasteiger partial charge in [-0.25, -0.2) is 4.79 Å². The summed E-state index contributed by atoms with van der Waals surface area (Å²) in [6, 6.07) is 9.79. The summed E-state index contributed by atoms with van der Waals surface area (Å²) in [5.41, 5.74) is 1.63. The average Bonchev–Trinajstić information content (AvgIpc) is 2.73. The van der Waals surface area contributed by atoms with E-state index in [1.165, 1.54) is 0 Å². The van der Waals surface area contributed by atoms with Crippen LogP contribution in [0.15, 0.2) is 30.3 Å². The molecular weight excluding hydrogens is 280 g/mol. The maximum absolute atomic E-state index is 11.8. The molecule has 5 heteroatoms. The van der Waals surface area contributed by atoms with Gasteiger partial charge in [-0.3, -0.25) is 0 Å².